The molecule has 1 N–H and O–H groups in total. The maximum Gasteiger partial charge on any atom is 0.411 e. The summed E-state index contributed by atoms with van der Waals surface area (Å²) in [6.45, 7) is 5.39. The van der Waals surface area contributed by atoms with Crippen molar-refractivity contribution < 1.29 is 9.53 Å². The summed E-state index contributed by atoms with van der Waals surface area (Å²) in [6.07, 6.45) is -0.770. The van der Waals surface area contributed by atoms with Gasteiger partial charge in [-0.15, -0.1) is 0 Å². The van der Waals surface area contributed by atoms with Crippen molar-refractivity contribution in [3.05, 3.63) is 106 Å². The molecule has 6 nitrogen and oxygen atoms in total. The van der Waals surface area contributed by atoms with Gasteiger partial charge in [-0.1, -0.05) is 60.7 Å². The lowest BCUT2D eigenvalue weighted by Crippen LogP contribution is -2.29. The minimum Gasteiger partial charge on any atom is -0.447 e. The Labute approximate surface area is 186 Å². The molecule has 0 saturated heterocycles. The van der Waals surface area contributed by atoms with E-state index in [9.17, 15) is 9.59 Å². The summed E-state index contributed by atoms with van der Waals surface area (Å²) in [5, 5.41) is 3.17. The first-order valence-corrected chi connectivity index (χ1v) is 10.5. The van der Waals surface area contributed by atoms with Gasteiger partial charge in [-0.3, -0.25) is 14.7 Å². The minimum atomic E-state index is -0.544. The molecule has 0 aliphatic heterocycles. The second kappa shape index (κ2) is 9.06. The van der Waals surface area contributed by atoms with Crippen molar-refractivity contribution in [2.45, 2.75) is 32.9 Å². The highest BCUT2D eigenvalue weighted by atomic mass is 16.6. The molecule has 0 unspecified atom stereocenters. The van der Waals surface area contributed by atoms with Crippen molar-refractivity contribution in [3.63, 3.8) is 0 Å². The molecule has 0 aliphatic rings. The molecule has 6 heteroatoms. The maximum atomic E-state index is 13.6. The Bertz CT molecular complexity index is 1260. The van der Waals surface area contributed by atoms with E-state index < -0.39 is 6.09 Å². The molecule has 1 heterocycles. The number of carbonyl (C=O) groups excluding carboxylic acids is 1. The van der Waals surface area contributed by atoms with Crippen LogP contribution in [-0.4, -0.2) is 21.7 Å². The van der Waals surface area contributed by atoms with Crippen LogP contribution in [0.1, 0.15) is 36.8 Å². The predicted molar refractivity (Wildman–Crippen MR) is 126 cm³/mol. The molecule has 4 aromatic rings. The zero-order valence-corrected chi connectivity index (χ0v) is 18.3. The number of anilines is 1. The van der Waals surface area contributed by atoms with Gasteiger partial charge in [-0.2, -0.15) is 0 Å². The van der Waals surface area contributed by atoms with Gasteiger partial charge >= 0.3 is 6.09 Å². The topological polar surface area (TPSA) is 73.2 Å². The molecule has 0 atom stereocenters. The number of fused-ring (bicyclic) bond motifs is 1. The summed E-state index contributed by atoms with van der Waals surface area (Å²) in [5.74, 6) is 0.585. The number of rotatable bonds is 5. The molecule has 4 rings (SSSR count). The highest BCUT2D eigenvalue weighted by Gasteiger charge is 2.21. The van der Waals surface area contributed by atoms with Gasteiger partial charge in [0, 0.05) is 5.69 Å². The molecule has 0 bridgehead atoms. The average molecular weight is 428 g/mol. The van der Waals surface area contributed by atoms with E-state index in [0.717, 1.165) is 11.1 Å². The van der Waals surface area contributed by atoms with Gasteiger partial charge < -0.3 is 4.74 Å². The van der Waals surface area contributed by atoms with Crippen LogP contribution >= 0.6 is 0 Å². The Balaban J connectivity index is 1.82. The van der Waals surface area contributed by atoms with Crippen LogP contribution in [0.4, 0.5) is 10.5 Å². The molecule has 32 heavy (non-hydrogen) atoms. The molecular formula is C26H25N3O3. The van der Waals surface area contributed by atoms with Crippen LogP contribution in [0.25, 0.3) is 10.9 Å². The number of nitrogens with one attached hydrogen (secondary N) is 1. The second-order valence-corrected chi connectivity index (χ2v) is 7.87. The van der Waals surface area contributed by atoms with Crippen LogP contribution in [0.5, 0.6) is 0 Å². The van der Waals surface area contributed by atoms with Crippen LogP contribution in [-0.2, 0) is 4.74 Å². The second-order valence-electron chi connectivity index (χ2n) is 7.87. The van der Waals surface area contributed by atoms with E-state index in [-0.39, 0.29) is 17.7 Å². The first-order chi connectivity index (χ1) is 15.4. The number of benzene rings is 3. The summed E-state index contributed by atoms with van der Waals surface area (Å²) >= 11 is 0. The van der Waals surface area contributed by atoms with E-state index in [2.05, 4.69) is 5.32 Å². The summed E-state index contributed by atoms with van der Waals surface area (Å²) in [7, 11) is 0. The minimum absolute atomic E-state index is 0.137. The van der Waals surface area contributed by atoms with E-state index in [0.29, 0.717) is 22.4 Å². The predicted octanol–water partition coefficient (Wildman–Crippen LogP) is 5.30. The van der Waals surface area contributed by atoms with Crippen molar-refractivity contribution in [2.24, 2.45) is 0 Å². The monoisotopic (exact) mass is 427 g/mol. The highest BCUT2D eigenvalue weighted by molar-refractivity contribution is 5.89. The molecule has 0 spiro atoms. The van der Waals surface area contributed by atoms with Gasteiger partial charge in [-0.05, 0) is 50.1 Å². The number of hydrogen-bond acceptors (Lipinski definition) is 4. The third-order valence-electron chi connectivity index (χ3n) is 5.16. The van der Waals surface area contributed by atoms with E-state index in [1.54, 1.807) is 36.6 Å². The lowest BCUT2D eigenvalue weighted by atomic mass is 9.98. The summed E-state index contributed by atoms with van der Waals surface area (Å²) in [5.41, 5.74) is 2.90. The molecule has 0 radical (unpaired) electrons. The molecule has 3 aromatic carbocycles. The highest BCUT2D eigenvalue weighted by Crippen LogP contribution is 2.27. The fraction of sp³-hybridized carbons (Fsp3) is 0.192. The Kier molecular flexibility index (Phi) is 6.03. The van der Waals surface area contributed by atoms with Crippen LogP contribution in [0.2, 0.25) is 0 Å². The van der Waals surface area contributed by atoms with Crippen molar-refractivity contribution in [2.75, 3.05) is 5.32 Å². The van der Waals surface area contributed by atoms with Gasteiger partial charge in [0.1, 0.15) is 5.82 Å². The van der Waals surface area contributed by atoms with Gasteiger partial charge in [0.05, 0.1) is 23.0 Å². The molecule has 1 aromatic heterocycles. The Hall–Kier alpha value is -3.93. The van der Waals surface area contributed by atoms with Crippen LogP contribution in [0.15, 0.2) is 83.7 Å². The van der Waals surface area contributed by atoms with Crippen molar-refractivity contribution in [1.82, 2.24) is 9.55 Å². The van der Waals surface area contributed by atoms with Crippen molar-refractivity contribution >= 4 is 22.7 Å². The molecule has 0 fully saturated rings. The van der Waals surface area contributed by atoms with Gasteiger partial charge in [0.2, 0.25) is 0 Å². The number of ether oxygens (including phenoxy) is 1. The smallest absolute Gasteiger partial charge is 0.411 e. The fourth-order valence-electron chi connectivity index (χ4n) is 3.81. The lowest BCUT2D eigenvalue weighted by molar-refractivity contribution is 0.130. The first-order valence-electron chi connectivity index (χ1n) is 10.5. The molecule has 0 aliphatic carbocycles. The molecule has 162 valence electrons. The number of hydrogen-bond donors (Lipinski definition) is 1. The quantitative estimate of drug-likeness (QED) is 0.469. The zero-order valence-electron chi connectivity index (χ0n) is 18.3. The number of aryl methyl sites for hydroxylation is 1. The van der Waals surface area contributed by atoms with Crippen LogP contribution in [0, 0.1) is 6.92 Å². The number of amides is 1. The Morgan fingerprint density at radius 1 is 0.938 bits per heavy atom. The van der Waals surface area contributed by atoms with E-state index in [1.165, 1.54) is 0 Å². The maximum absolute atomic E-state index is 13.6. The number of aromatic nitrogens is 2. The zero-order chi connectivity index (χ0) is 22.7. The lowest BCUT2D eigenvalue weighted by Gasteiger charge is -2.23. The largest absolute Gasteiger partial charge is 0.447 e. The van der Waals surface area contributed by atoms with E-state index in [1.807, 2.05) is 67.6 Å². The van der Waals surface area contributed by atoms with E-state index >= 15 is 0 Å². The standard InChI is InChI=1S/C26H25N3O3/c1-17(2)32-26(31)28-21-14-15-22-23(16-21)27-18(3)29(25(22)30)24(19-10-6-4-7-11-19)20-12-8-5-9-13-20/h4-17,24H,1-3H3,(H,28,31). The summed E-state index contributed by atoms with van der Waals surface area (Å²) < 4.78 is 6.86. The third-order valence-corrected chi connectivity index (χ3v) is 5.16. The average Bonchev–Trinajstić information content (AvgIpc) is 2.77. The van der Waals surface area contributed by atoms with Gasteiger partial charge in [-0.25, -0.2) is 9.78 Å². The van der Waals surface area contributed by atoms with Crippen LogP contribution in [0.3, 0.4) is 0 Å². The molecule has 1 amide bonds. The third kappa shape index (κ3) is 4.39. The summed E-state index contributed by atoms with van der Waals surface area (Å²) in [4.78, 5) is 30.3. The number of nitrogens with zero attached hydrogens (tertiary/aromatic N) is 2. The van der Waals surface area contributed by atoms with E-state index in [4.69, 9.17) is 9.72 Å². The SMILES string of the molecule is Cc1nc2cc(NC(=O)OC(C)C)ccc2c(=O)n1C(c1ccccc1)c1ccccc1. The van der Waals surface area contributed by atoms with Crippen molar-refractivity contribution in [3.8, 4) is 0 Å². The first kappa shape index (κ1) is 21.3. The van der Waals surface area contributed by atoms with Gasteiger partial charge in [0.25, 0.3) is 5.56 Å². The van der Waals surface area contributed by atoms with Gasteiger partial charge in [0.15, 0.2) is 0 Å². The van der Waals surface area contributed by atoms with Crippen molar-refractivity contribution in [1.29, 1.82) is 0 Å². The molecule has 0 saturated carbocycles. The van der Waals surface area contributed by atoms with Crippen LogP contribution < -0.4 is 10.9 Å². The summed E-state index contributed by atoms with van der Waals surface area (Å²) in [6, 6.07) is 24.6. The molecular weight excluding hydrogens is 402 g/mol. The Morgan fingerprint density at radius 2 is 1.53 bits per heavy atom. The number of carbonyl (C=O) groups is 1. The fourth-order valence-corrected chi connectivity index (χ4v) is 3.81. The normalized spacial score (nSPS) is 11.2. The Morgan fingerprint density at radius 3 is 2.09 bits per heavy atom.